The van der Waals surface area contributed by atoms with Crippen LogP contribution in [0.4, 0.5) is 0 Å². The van der Waals surface area contributed by atoms with Crippen LogP contribution in [0.3, 0.4) is 0 Å². The summed E-state index contributed by atoms with van der Waals surface area (Å²) in [5.74, 6) is -0.487. The third kappa shape index (κ3) is 3.66. The van der Waals surface area contributed by atoms with Crippen LogP contribution in [0.25, 0.3) is 0 Å². The van der Waals surface area contributed by atoms with Gasteiger partial charge in [0.2, 0.25) is 0 Å². The van der Waals surface area contributed by atoms with E-state index in [4.69, 9.17) is 5.11 Å². The molecule has 1 heterocycles. The summed E-state index contributed by atoms with van der Waals surface area (Å²) >= 11 is 0. The fourth-order valence-electron chi connectivity index (χ4n) is 2.27. The zero-order valence-electron chi connectivity index (χ0n) is 12.1. The molecule has 19 heavy (non-hydrogen) atoms. The lowest BCUT2D eigenvalue weighted by molar-refractivity contribution is -0.136. The van der Waals surface area contributed by atoms with E-state index in [1.165, 1.54) is 0 Å². The topological polar surface area (TPSA) is 72.2 Å². The molecule has 0 aliphatic heterocycles. The van der Waals surface area contributed by atoms with E-state index in [0.717, 1.165) is 18.5 Å². The quantitative estimate of drug-likeness (QED) is 0.853. The number of carboxylic acid groups (broad SMARTS) is 1. The lowest BCUT2D eigenvalue weighted by Crippen LogP contribution is -2.30. The van der Waals surface area contributed by atoms with Gasteiger partial charge in [-0.3, -0.25) is 9.36 Å². The number of aliphatic carboxylic acids is 1. The molecule has 1 N–H and O–H groups in total. The van der Waals surface area contributed by atoms with Gasteiger partial charge >= 0.3 is 11.7 Å². The van der Waals surface area contributed by atoms with Crippen molar-refractivity contribution in [2.24, 2.45) is 5.92 Å². The van der Waals surface area contributed by atoms with Gasteiger partial charge < -0.3 is 5.11 Å². The number of rotatable bonds is 6. The molecule has 1 aromatic rings. The van der Waals surface area contributed by atoms with Crippen LogP contribution in [0.1, 0.15) is 43.6 Å². The van der Waals surface area contributed by atoms with Gasteiger partial charge in [-0.1, -0.05) is 26.7 Å². The Morgan fingerprint density at radius 1 is 1.32 bits per heavy atom. The first-order valence-corrected chi connectivity index (χ1v) is 6.69. The summed E-state index contributed by atoms with van der Waals surface area (Å²) in [5, 5.41) is 8.94. The Bertz CT molecular complexity index is 516. The van der Waals surface area contributed by atoms with Crippen LogP contribution < -0.4 is 5.69 Å². The molecule has 0 amide bonds. The van der Waals surface area contributed by atoms with E-state index in [-0.39, 0.29) is 12.1 Å². The van der Waals surface area contributed by atoms with Gasteiger partial charge in [-0.25, -0.2) is 4.79 Å². The van der Waals surface area contributed by atoms with Gasteiger partial charge in [-0.15, -0.1) is 0 Å². The number of nitrogens with zero attached hydrogens (tertiary/aromatic N) is 2. The summed E-state index contributed by atoms with van der Waals surface area (Å²) in [6.07, 6.45) is 1.89. The molecule has 1 rings (SSSR count). The molecule has 0 aliphatic rings. The molecular formula is C14H22N2O3. The summed E-state index contributed by atoms with van der Waals surface area (Å²) < 4.78 is 1.61. The van der Waals surface area contributed by atoms with Gasteiger partial charge in [-0.05, 0) is 19.8 Å². The summed E-state index contributed by atoms with van der Waals surface area (Å²) in [4.78, 5) is 26.8. The molecule has 0 saturated heterocycles. The number of aromatic nitrogens is 2. The monoisotopic (exact) mass is 266 g/mol. The van der Waals surface area contributed by atoms with E-state index in [2.05, 4.69) is 18.8 Å². The number of carboxylic acids is 1. The minimum atomic E-state index is -0.902. The Kier molecular flexibility index (Phi) is 5.27. The van der Waals surface area contributed by atoms with Crippen LogP contribution >= 0.6 is 0 Å². The number of hydrogen-bond donors (Lipinski definition) is 1. The van der Waals surface area contributed by atoms with Crippen molar-refractivity contribution in [3.8, 4) is 0 Å². The number of hydrogen-bond acceptors (Lipinski definition) is 3. The van der Waals surface area contributed by atoms with Gasteiger partial charge in [0.05, 0.1) is 6.42 Å². The molecule has 106 valence electrons. The average molecular weight is 266 g/mol. The van der Waals surface area contributed by atoms with Crippen LogP contribution in [0, 0.1) is 19.8 Å². The second-order valence-electron chi connectivity index (χ2n) is 4.91. The maximum atomic E-state index is 12.0. The van der Waals surface area contributed by atoms with E-state index < -0.39 is 5.97 Å². The minimum Gasteiger partial charge on any atom is -0.481 e. The van der Waals surface area contributed by atoms with Crippen molar-refractivity contribution in [1.29, 1.82) is 0 Å². The lowest BCUT2D eigenvalue weighted by Gasteiger charge is -2.18. The second-order valence-corrected chi connectivity index (χ2v) is 4.91. The summed E-state index contributed by atoms with van der Waals surface area (Å²) in [6, 6.07) is 0. The lowest BCUT2D eigenvalue weighted by atomic mass is 10.0. The van der Waals surface area contributed by atoms with Gasteiger partial charge in [-0.2, -0.15) is 4.98 Å². The van der Waals surface area contributed by atoms with Crippen molar-refractivity contribution in [1.82, 2.24) is 9.55 Å². The van der Waals surface area contributed by atoms with Crippen molar-refractivity contribution >= 4 is 5.97 Å². The van der Waals surface area contributed by atoms with Crippen molar-refractivity contribution in [3.05, 3.63) is 27.4 Å². The van der Waals surface area contributed by atoms with Crippen LogP contribution in [-0.2, 0) is 17.8 Å². The summed E-state index contributed by atoms with van der Waals surface area (Å²) in [5.41, 5.74) is 1.62. The molecule has 0 bridgehead atoms. The zero-order valence-corrected chi connectivity index (χ0v) is 12.1. The SMILES string of the molecule is CCC(CC)Cn1c(C)c(CC(=O)O)c(C)nc1=O. The highest BCUT2D eigenvalue weighted by Gasteiger charge is 2.16. The molecule has 0 aliphatic carbocycles. The normalized spacial score (nSPS) is 11.0. The molecule has 0 aromatic carbocycles. The Hall–Kier alpha value is -1.65. The van der Waals surface area contributed by atoms with E-state index >= 15 is 0 Å². The first kappa shape index (κ1) is 15.4. The Balaban J connectivity index is 3.24. The Morgan fingerprint density at radius 3 is 2.37 bits per heavy atom. The Labute approximate surface area is 113 Å². The molecule has 5 nitrogen and oxygen atoms in total. The first-order chi connectivity index (χ1) is 8.90. The molecule has 1 aromatic heterocycles. The standard InChI is InChI=1S/C14H22N2O3/c1-5-11(6-2)8-16-10(4)12(7-13(17)18)9(3)15-14(16)19/h11H,5-8H2,1-4H3,(H,17,18). The van der Waals surface area contributed by atoms with Gasteiger partial charge in [0.15, 0.2) is 0 Å². The molecular weight excluding hydrogens is 244 g/mol. The smallest absolute Gasteiger partial charge is 0.347 e. The predicted octanol–water partition coefficient (Wildman–Crippen LogP) is 1.92. The highest BCUT2D eigenvalue weighted by Crippen LogP contribution is 2.15. The zero-order chi connectivity index (χ0) is 14.6. The third-order valence-electron chi connectivity index (χ3n) is 3.70. The van der Waals surface area contributed by atoms with Gasteiger partial charge in [0, 0.05) is 23.5 Å². The van der Waals surface area contributed by atoms with Crippen molar-refractivity contribution in [3.63, 3.8) is 0 Å². The molecule has 0 fully saturated rings. The summed E-state index contributed by atoms with van der Waals surface area (Å²) in [7, 11) is 0. The fraction of sp³-hybridized carbons (Fsp3) is 0.643. The van der Waals surface area contributed by atoms with Gasteiger partial charge in [0.1, 0.15) is 0 Å². The largest absolute Gasteiger partial charge is 0.481 e. The highest BCUT2D eigenvalue weighted by atomic mass is 16.4. The van der Waals surface area contributed by atoms with Crippen molar-refractivity contribution in [2.75, 3.05) is 0 Å². The highest BCUT2D eigenvalue weighted by molar-refractivity contribution is 5.70. The van der Waals surface area contributed by atoms with Gasteiger partial charge in [0.25, 0.3) is 0 Å². The van der Waals surface area contributed by atoms with Crippen LogP contribution in [-0.4, -0.2) is 20.6 Å². The minimum absolute atomic E-state index is 0.0894. The number of carbonyl (C=O) groups is 1. The number of aryl methyl sites for hydroxylation is 1. The molecule has 0 radical (unpaired) electrons. The van der Waals surface area contributed by atoms with E-state index in [1.54, 1.807) is 18.4 Å². The van der Waals surface area contributed by atoms with Crippen LogP contribution in [0.5, 0.6) is 0 Å². The van der Waals surface area contributed by atoms with Crippen molar-refractivity contribution < 1.29 is 9.90 Å². The van der Waals surface area contributed by atoms with E-state index in [9.17, 15) is 9.59 Å². The van der Waals surface area contributed by atoms with Crippen LogP contribution in [0.15, 0.2) is 4.79 Å². The molecule has 0 unspecified atom stereocenters. The molecule has 0 saturated carbocycles. The van der Waals surface area contributed by atoms with E-state index in [0.29, 0.717) is 23.7 Å². The third-order valence-corrected chi connectivity index (χ3v) is 3.70. The average Bonchev–Trinajstić information content (AvgIpc) is 2.34. The van der Waals surface area contributed by atoms with Crippen molar-refractivity contribution in [2.45, 2.75) is 53.5 Å². The second kappa shape index (κ2) is 6.50. The van der Waals surface area contributed by atoms with Crippen LogP contribution in [0.2, 0.25) is 0 Å². The Morgan fingerprint density at radius 2 is 1.89 bits per heavy atom. The molecule has 0 spiro atoms. The molecule has 5 heteroatoms. The maximum absolute atomic E-state index is 12.0. The predicted molar refractivity (Wildman–Crippen MR) is 73.4 cm³/mol. The van der Waals surface area contributed by atoms with E-state index in [1.807, 2.05) is 0 Å². The maximum Gasteiger partial charge on any atom is 0.347 e. The molecule has 0 atom stereocenters. The fourth-order valence-corrected chi connectivity index (χ4v) is 2.27. The summed E-state index contributed by atoms with van der Waals surface area (Å²) in [6.45, 7) is 8.28. The first-order valence-electron chi connectivity index (χ1n) is 6.69.